The number of rotatable bonds is 6. The summed E-state index contributed by atoms with van der Waals surface area (Å²) in [4.78, 5) is 38.4. The minimum Gasteiger partial charge on any atom is -0.349 e. The van der Waals surface area contributed by atoms with E-state index in [1.54, 1.807) is 11.8 Å². The van der Waals surface area contributed by atoms with Crippen LogP contribution in [0.1, 0.15) is 43.9 Å². The SMILES string of the molecule is CCC(=O)Nc1ccc(C(C)NC(=O)C2CC(=O)N(c3ccc(Br)c(C)c3)C2)cc1. The predicted molar refractivity (Wildman–Crippen MR) is 121 cm³/mol. The summed E-state index contributed by atoms with van der Waals surface area (Å²) in [5.41, 5.74) is 3.52. The average molecular weight is 472 g/mol. The fourth-order valence-electron chi connectivity index (χ4n) is 3.45. The van der Waals surface area contributed by atoms with Crippen LogP contribution >= 0.6 is 15.9 Å². The Kier molecular flexibility index (Phi) is 6.92. The Morgan fingerprint density at radius 3 is 2.53 bits per heavy atom. The Morgan fingerprint density at radius 1 is 1.20 bits per heavy atom. The van der Waals surface area contributed by atoms with Gasteiger partial charge in [0.1, 0.15) is 0 Å². The number of carbonyl (C=O) groups excluding carboxylic acids is 3. The summed E-state index contributed by atoms with van der Waals surface area (Å²) in [7, 11) is 0. The Balaban J connectivity index is 1.61. The van der Waals surface area contributed by atoms with Crippen LogP contribution in [0.4, 0.5) is 11.4 Å². The molecule has 30 heavy (non-hydrogen) atoms. The van der Waals surface area contributed by atoms with Gasteiger partial charge in [-0.05, 0) is 55.3 Å². The van der Waals surface area contributed by atoms with Gasteiger partial charge in [-0.25, -0.2) is 0 Å². The molecule has 0 spiro atoms. The van der Waals surface area contributed by atoms with Crippen LogP contribution in [0.5, 0.6) is 0 Å². The highest BCUT2D eigenvalue weighted by molar-refractivity contribution is 9.10. The molecule has 1 aliphatic heterocycles. The summed E-state index contributed by atoms with van der Waals surface area (Å²) in [5, 5.41) is 5.81. The number of carbonyl (C=O) groups is 3. The lowest BCUT2D eigenvalue weighted by atomic mass is 10.0. The molecular weight excluding hydrogens is 446 g/mol. The van der Waals surface area contributed by atoms with Crippen molar-refractivity contribution in [3.63, 3.8) is 0 Å². The van der Waals surface area contributed by atoms with Gasteiger partial charge < -0.3 is 15.5 Å². The zero-order valence-electron chi connectivity index (χ0n) is 17.4. The van der Waals surface area contributed by atoms with E-state index in [-0.39, 0.29) is 36.1 Å². The van der Waals surface area contributed by atoms with Crippen LogP contribution in [0.3, 0.4) is 0 Å². The molecule has 0 saturated carbocycles. The molecule has 2 aromatic rings. The Morgan fingerprint density at radius 2 is 1.90 bits per heavy atom. The summed E-state index contributed by atoms with van der Waals surface area (Å²) in [6.45, 7) is 6.05. The largest absolute Gasteiger partial charge is 0.349 e. The highest BCUT2D eigenvalue weighted by atomic mass is 79.9. The second-order valence-corrected chi connectivity index (χ2v) is 8.45. The maximum absolute atomic E-state index is 12.8. The third-order valence-electron chi connectivity index (χ3n) is 5.32. The monoisotopic (exact) mass is 471 g/mol. The van der Waals surface area contributed by atoms with Gasteiger partial charge in [0, 0.05) is 35.2 Å². The van der Waals surface area contributed by atoms with Gasteiger partial charge in [-0.15, -0.1) is 0 Å². The number of amides is 3. The number of hydrogen-bond acceptors (Lipinski definition) is 3. The molecule has 1 fully saturated rings. The van der Waals surface area contributed by atoms with Gasteiger partial charge in [0.15, 0.2) is 0 Å². The third-order valence-corrected chi connectivity index (χ3v) is 6.21. The van der Waals surface area contributed by atoms with E-state index in [9.17, 15) is 14.4 Å². The van der Waals surface area contributed by atoms with Crippen molar-refractivity contribution in [2.45, 2.75) is 39.7 Å². The molecule has 2 unspecified atom stereocenters. The summed E-state index contributed by atoms with van der Waals surface area (Å²) < 4.78 is 0.987. The maximum atomic E-state index is 12.8. The van der Waals surface area contributed by atoms with E-state index >= 15 is 0 Å². The minimum atomic E-state index is -0.382. The number of halogens is 1. The van der Waals surface area contributed by atoms with Crippen molar-refractivity contribution in [2.24, 2.45) is 5.92 Å². The van der Waals surface area contributed by atoms with Crippen LogP contribution in [0.15, 0.2) is 46.9 Å². The Hall–Kier alpha value is -2.67. The lowest BCUT2D eigenvalue weighted by Crippen LogP contribution is -2.34. The molecular formula is C23H26BrN3O3. The maximum Gasteiger partial charge on any atom is 0.227 e. The smallest absolute Gasteiger partial charge is 0.227 e. The lowest BCUT2D eigenvalue weighted by molar-refractivity contribution is -0.126. The van der Waals surface area contributed by atoms with E-state index < -0.39 is 0 Å². The van der Waals surface area contributed by atoms with Crippen LogP contribution in [0, 0.1) is 12.8 Å². The molecule has 3 amide bonds. The van der Waals surface area contributed by atoms with Crippen LogP contribution in [0.2, 0.25) is 0 Å². The van der Waals surface area contributed by atoms with Crippen molar-refractivity contribution in [1.82, 2.24) is 5.32 Å². The highest BCUT2D eigenvalue weighted by Crippen LogP contribution is 2.29. The van der Waals surface area contributed by atoms with E-state index in [1.165, 1.54) is 0 Å². The molecule has 158 valence electrons. The van der Waals surface area contributed by atoms with Gasteiger partial charge >= 0.3 is 0 Å². The molecule has 6 nitrogen and oxygen atoms in total. The Bertz CT molecular complexity index is 959. The number of anilines is 2. The van der Waals surface area contributed by atoms with Crippen molar-refractivity contribution in [2.75, 3.05) is 16.8 Å². The number of nitrogens with zero attached hydrogens (tertiary/aromatic N) is 1. The molecule has 1 saturated heterocycles. The van der Waals surface area contributed by atoms with Crippen LogP contribution in [-0.2, 0) is 14.4 Å². The first-order valence-corrected chi connectivity index (χ1v) is 10.8. The highest BCUT2D eigenvalue weighted by Gasteiger charge is 2.35. The molecule has 7 heteroatoms. The Labute approximate surface area is 185 Å². The van der Waals surface area contributed by atoms with Gasteiger partial charge in [-0.3, -0.25) is 14.4 Å². The van der Waals surface area contributed by atoms with Crippen molar-refractivity contribution in [3.05, 3.63) is 58.1 Å². The first kappa shape index (κ1) is 22.0. The standard InChI is InChI=1S/C23H26BrN3O3/c1-4-21(28)26-18-7-5-16(6-8-18)15(3)25-23(30)17-12-22(29)27(13-17)19-9-10-20(24)14(2)11-19/h5-11,15,17H,4,12-13H2,1-3H3,(H,25,30)(H,26,28). The average Bonchev–Trinajstić information content (AvgIpc) is 3.12. The molecule has 0 aromatic heterocycles. The topological polar surface area (TPSA) is 78.5 Å². The van der Waals surface area contributed by atoms with E-state index in [2.05, 4.69) is 26.6 Å². The molecule has 2 N–H and O–H groups in total. The number of hydrogen-bond donors (Lipinski definition) is 2. The summed E-state index contributed by atoms with van der Waals surface area (Å²) in [5.74, 6) is -0.594. The van der Waals surface area contributed by atoms with Crippen LogP contribution in [0.25, 0.3) is 0 Å². The van der Waals surface area contributed by atoms with Crippen molar-refractivity contribution >= 4 is 45.0 Å². The number of benzene rings is 2. The summed E-state index contributed by atoms with van der Waals surface area (Å²) in [6.07, 6.45) is 0.626. The quantitative estimate of drug-likeness (QED) is 0.657. The molecule has 3 rings (SSSR count). The first-order valence-electron chi connectivity index (χ1n) is 10.0. The molecule has 0 radical (unpaired) electrons. The van der Waals surface area contributed by atoms with Gasteiger partial charge in [-0.1, -0.05) is 35.0 Å². The molecule has 0 aliphatic carbocycles. The molecule has 2 aromatic carbocycles. The van der Waals surface area contributed by atoms with Gasteiger partial charge in [0.05, 0.1) is 12.0 Å². The van der Waals surface area contributed by atoms with Crippen LogP contribution < -0.4 is 15.5 Å². The van der Waals surface area contributed by atoms with Gasteiger partial charge in [0.25, 0.3) is 0 Å². The van der Waals surface area contributed by atoms with E-state index in [0.29, 0.717) is 13.0 Å². The second-order valence-electron chi connectivity index (χ2n) is 7.59. The molecule has 1 aliphatic rings. The minimum absolute atomic E-state index is 0.0412. The first-order chi connectivity index (χ1) is 14.3. The van der Waals surface area contributed by atoms with Gasteiger partial charge in [0.2, 0.25) is 17.7 Å². The predicted octanol–water partition coefficient (Wildman–Crippen LogP) is 4.34. The van der Waals surface area contributed by atoms with Gasteiger partial charge in [-0.2, -0.15) is 0 Å². The normalized spacial score (nSPS) is 17.0. The number of aryl methyl sites for hydroxylation is 1. The lowest BCUT2D eigenvalue weighted by Gasteiger charge is -2.19. The molecule has 0 bridgehead atoms. The zero-order valence-corrected chi connectivity index (χ0v) is 19.0. The van der Waals surface area contributed by atoms with Crippen molar-refractivity contribution < 1.29 is 14.4 Å². The second kappa shape index (κ2) is 9.43. The van der Waals surface area contributed by atoms with Crippen molar-refractivity contribution in [1.29, 1.82) is 0 Å². The van der Waals surface area contributed by atoms with E-state index in [4.69, 9.17) is 0 Å². The van der Waals surface area contributed by atoms with Crippen molar-refractivity contribution in [3.8, 4) is 0 Å². The summed E-state index contributed by atoms with van der Waals surface area (Å²) >= 11 is 3.47. The summed E-state index contributed by atoms with van der Waals surface area (Å²) in [6, 6.07) is 13.0. The van der Waals surface area contributed by atoms with Crippen LogP contribution in [-0.4, -0.2) is 24.3 Å². The fraction of sp³-hybridized carbons (Fsp3) is 0.348. The fourth-order valence-corrected chi connectivity index (χ4v) is 3.70. The third kappa shape index (κ3) is 5.08. The molecule has 2 atom stereocenters. The molecule has 1 heterocycles. The number of nitrogens with one attached hydrogen (secondary N) is 2. The van der Waals surface area contributed by atoms with E-state index in [1.807, 2.05) is 56.3 Å². The van der Waals surface area contributed by atoms with E-state index in [0.717, 1.165) is 27.0 Å². The zero-order chi connectivity index (χ0) is 21.8.